The van der Waals surface area contributed by atoms with Crippen LogP contribution in [0.3, 0.4) is 0 Å². The molecule has 0 aromatic heterocycles. The molecule has 0 saturated heterocycles. The molecule has 0 heterocycles. The fraction of sp³-hybridized carbons (Fsp3) is 0.118. The largest absolute Gasteiger partial charge is 0.484 e. The molecule has 0 aliphatic heterocycles. The first-order valence-electron chi connectivity index (χ1n) is 6.34. The standard InChI is InChI=1S/C17H14ClNO2/c1-3-13-5-4-6-14(10-13)19-17(20)11-21-15-7-8-16(18)12(2)9-15/h1,4-10H,11H2,2H3,(H,19,20). The molecule has 1 amide bonds. The van der Waals surface area contributed by atoms with Gasteiger partial charge in [0.15, 0.2) is 6.61 Å². The zero-order valence-electron chi connectivity index (χ0n) is 11.5. The number of anilines is 1. The quantitative estimate of drug-likeness (QED) is 0.875. The van der Waals surface area contributed by atoms with Crippen molar-refractivity contribution in [3.63, 3.8) is 0 Å². The molecule has 2 aromatic rings. The Hall–Kier alpha value is -2.44. The Kier molecular flexibility index (Phi) is 4.86. The van der Waals surface area contributed by atoms with Crippen LogP contribution in [0.5, 0.6) is 5.75 Å². The van der Waals surface area contributed by atoms with Gasteiger partial charge in [-0.1, -0.05) is 23.6 Å². The number of carbonyl (C=O) groups is 1. The van der Waals surface area contributed by atoms with E-state index in [1.165, 1.54) is 0 Å². The van der Waals surface area contributed by atoms with Crippen LogP contribution in [-0.2, 0) is 4.79 Å². The number of hydrogen-bond acceptors (Lipinski definition) is 2. The minimum atomic E-state index is -0.253. The number of terminal acetylenes is 1. The van der Waals surface area contributed by atoms with Gasteiger partial charge in [-0.3, -0.25) is 4.79 Å². The van der Waals surface area contributed by atoms with Crippen LogP contribution < -0.4 is 10.1 Å². The Balaban J connectivity index is 1.92. The molecular weight excluding hydrogens is 286 g/mol. The predicted molar refractivity (Wildman–Crippen MR) is 84.7 cm³/mol. The molecule has 4 heteroatoms. The van der Waals surface area contributed by atoms with Crippen molar-refractivity contribution in [2.45, 2.75) is 6.92 Å². The average molecular weight is 300 g/mol. The van der Waals surface area contributed by atoms with Crippen LogP contribution in [0.2, 0.25) is 5.02 Å². The zero-order chi connectivity index (χ0) is 15.2. The second-order valence-electron chi connectivity index (χ2n) is 4.47. The van der Waals surface area contributed by atoms with Crippen LogP contribution in [-0.4, -0.2) is 12.5 Å². The van der Waals surface area contributed by atoms with E-state index in [-0.39, 0.29) is 12.5 Å². The number of aryl methyl sites for hydroxylation is 1. The second kappa shape index (κ2) is 6.83. The molecule has 0 aliphatic rings. The summed E-state index contributed by atoms with van der Waals surface area (Å²) in [6.45, 7) is 1.79. The highest BCUT2D eigenvalue weighted by Crippen LogP contribution is 2.21. The first-order valence-corrected chi connectivity index (χ1v) is 6.72. The lowest BCUT2D eigenvalue weighted by molar-refractivity contribution is -0.118. The van der Waals surface area contributed by atoms with Gasteiger partial charge in [-0.25, -0.2) is 0 Å². The highest BCUT2D eigenvalue weighted by atomic mass is 35.5. The van der Waals surface area contributed by atoms with Gasteiger partial charge in [0.1, 0.15) is 5.75 Å². The number of amides is 1. The van der Waals surface area contributed by atoms with Crippen LogP contribution in [0.25, 0.3) is 0 Å². The summed E-state index contributed by atoms with van der Waals surface area (Å²) >= 11 is 5.93. The van der Waals surface area contributed by atoms with E-state index in [2.05, 4.69) is 11.2 Å². The van der Waals surface area contributed by atoms with Crippen molar-refractivity contribution in [3.05, 3.63) is 58.6 Å². The molecule has 106 valence electrons. The van der Waals surface area contributed by atoms with Crippen LogP contribution in [0.15, 0.2) is 42.5 Å². The number of carbonyl (C=O) groups excluding carboxylic acids is 1. The molecule has 0 spiro atoms. The van der Waals surface area contributed by atoms with E-state index in [1.54, 1.807) is 42.5 Å². The topological polar surface area (TPSA) is 38.3 Å². The highest BCUT2D eigenvalue weighted by molar-refractivity contribution is 6.31. The molecule has 0 bridgehead atoms. The van der Waals surface area contributed by atoms with Crippen molar-refractivity contribution in [2.75, 3.05) is 11.9 Å². The maximum atomic E-state index is 11.8. The first kappa shape index (κ1) is 15.0. The molecule has 2 aromatic carbocycles. The minimum Gasteiger partial charge on any atom is -0.484 e. The Bertz CT molecular complexity index is 704. The van der Waals surface area contributed by atoms with Crippen molar-refractivity contribution in [3.8, 4) is 18.1 Å². The van der Waals surface area contributed by atoms with Crippen molar-refractivity contribution in [1.82, 2.24) is 0 Å². The minimum absolute atomic E-state index is 0.0820. The Morgan fingerprint density at radius 1 is 1.33 bits per heavy atom. The summed E-state index contributed by atoms with van der Waals surface area (Å²) in [5.41, 5.74) is 2.25. The third-order valence-corrected chi connectivity index (χ3v) is 3.24. The van der Waals surface area contributed by atoms with Crippen LogP contribution in [0, 0.1) is 19.3 Å². The molecule has 0 radical (unpaired) electrons. The molecule has 0 atom stereocenters. The molecule has 21 heavy (non-hydrogen) atoms. The van der Waals surface area contributed by atoms with E-state index in [0.717, 1.165) is 5.56 Å². The smallest absolute Gasteiger partial charge is 0.262 e. The highest BCUT2D eigenvalue weighted by Gasteiger charge is 2.05. The number of rotatable bonds is 4. The molecule has 0 unspecified atom stereocenters. The van der Waals surface area contributed by atoms with Crippen LogP contribution in [0.1, 0.15) is 11.1 Å². The number of nitrogens with one attached hydrogen (secondary N) is 1. The summed E-state index contributed by atoms with van der Waals surface area (Å²) in [7, 11) is 0. The van der Waals surface area contributed by atoms with Gasteiger partial charge in [0.05, 0.1) is 0 Å². The zero-order valence-corrected chi connectivity index (χ0v) is 12.3. The third kappa shape index (κ3) is 4.27. The fourth-order valence-corrected chi connectivity index (χ4v) is 1.86. The summed E-state index contributed by atoms with van der Waals surface area (Å²) in [6, 6.07) is 12.3. The van der Waals surface area contributed by atoms with Gasteiger partial charge in [0.25, 0.3) is 5.91 Å². The lowest BCUT2D eigenvalue weighted by Gasteiger charge is -2.09. The van der Waals surface area contributed by atoms with Gasteiger partial charge in [-0.15, -0.1) is 6.42 Å². The molecule has 0 fully saturated rings. The van der Waals surface area contributed by atoms with E-state index < -0.39 is 0 Å². The number of benzene rings is 2. The lowest BCUT2D eigenvalue weighted by Crippen LogP contribution is -2.20. The van der Waals surface area contributed by atoms with Gasteiger partial charge < -0.3 is 10.1 Å². The monoisotopic (exact) mass is 299 g/mol. The summed E-state index contributed by atoms with van der Waals surface area (Å²) in [5, 5.41) is 3.39. The summed E-state index contributed by atoms with van der Waals surface area (Å²) < 4.78 is 5.42. The number of hydrogen-bond donors (Lipinski definition) is 1. The van der Waals surface area contributed by atoms with Crippen molar-refractivity contribution in [1.29, 1.82) is 0 Å². The molecule has 1 N–H and O–H groups in total. The van der Waals surface area contributed by atoms with E-state index in [1.807, 2.05) is 6.92 Å². The van der Waals surface area contributed by atoms with Crippen LogP contribution in [0.4, 0.5) is 5.69 Å². The maximum absolute atomic E-state index is 11.8. The van der Waals surface area contributed by atoms with E-state index in [4.69, 9.17) is 22.8 Å². The van der Waals surface area contributed by atoms with Crippen molar-refractivity contribution < 1.29 is 9.53 Å². The summed E-state index contributed by atoms with van der Waals surface area (Å²) in [5.74, 6) is 2.86. The van der Waals surface area contributed by atoms with Crippen molar-refractivity contribution in [2.24, 2.45) is 0 Å². The summed E-state index contributed by atoms with van der Waals surface area (Å²) in [4.78, 5) is 11.8. The van der Waals surface area contributed by atoms with Gasteiger partial charge >= 0.3 is 0 Å². The maximum Gasteiger partial charge on any atom is 0.262 e. The van der Waals surface area contributed by atoms with Gasteiger partial charge in [-0.2, -0.15) is 0 Å². The van der Waals surface area contributed by atoms with Gasteiger partial charge in [0.2, 0.25) is 0 Å². The summed E-state index contributed by atoms with van der Waals surface area (Å²) in [6.07, 6.45) is 5.31. The predicted octanol–water partition coefficient (Wildman–Crippen LogP) is 3.65. The Labute approximate surface area is 128 Å². The Morgan fingerprint density at radius 3 is 2.86 bits per heavy atom. The lowest BCUT2D eigenvalue weighted by atomic mass is 10.2. The SMILES string of the molecule is C#Cc1cccc(NC(=O)COc2ccc(Cl)c(C)c2)c1. The molecule has 0 saturated carbocycles. The normalized spacial score (nSPS) is 9.76. The molecule has 0 aliphatic carbocycles. The van der Waals surface area contributed by atoms with Gasteiger partial charge in [-0.05, 0) is 48.9 Å². The first-order chi connectivity index (χ1) is 10.1. The molecular formula is C17H14ClNO2. The van der Waals surface area contributed by atoms with Crippen molar-refractivity contribution >= 4 is 23.2 Å². The van der Waals surface area contributed by atoms with E-state index in [9.17, 15) is 4.79 Å². The van der Waals surface area contributed by atoms with Gasteiger partial charge in [0, 0.05) is 16.3 Å². The van der Waals surface area contributed by atoms with Crippen LogP contribution >= 0.6 is 11.6 Å². The average Bonchev–Trinajstić information content (AvgIpc) is 2.48. The molecule has 3 nitrogen and oxygen atoms in total. The fourth-order valence-electron chi connectivity index (χ4n) is 1.74. The Morgan fingerprint density at radius 2 is 2.14 bits per heavy atom. The molecule has 2 rings (SSSR count). The number of halogens is 1. The number of ether oxygens (including phenoxy) is 1. The van der Waals surface area contributed by atoms with E-state index in [0.29, 0.717) is 22.0 Å². The third-order valence-electron chi connectivity index (χ3n) is 2.81. The van der Waals surface area contributed by atoms with E-state index >= 15 is 0 Å². The second-order valence-corrected chi connectivity index (χ2v) is 4.88.